The van der Waals surface area contributed by atoms with Crippen molar-refractivity contribution in [1.82, 2.24) is 4.98 Å². The number of fused-ring (bicyclic) bond motifs is 1. The van der Waals surface area contributed by atoms with Gasteiger partial charge >= 0.3 is 0 Å². The highest BCUT2D eigenvalue weighted by Crippen LogP contribution is 2.36. The molecule has 0 fully saturated rings. The summed E-state index contributed by atoms with van der Waals surface area (Å²) >= 11 is 1.41. The molecule has 0 bridgehead atoms. The maximum atomic E-state index is 14.2. The molecule has 0 spiro atoms. The molecule has 0 saturated heterocycles. The number of hydrogen-bond acceptors (Lipinski definition) is 4. The Labute approximate surface area is 201 Å². The smallest absolute Gasteiger partial charge is 0.165 e. The van der Waals surface area contributed by atoms with Gasteiger partial charge in [0.25, 0.3) is 0 Å². The first kappa shape index (κ1) is 23.5. The van der Waals surface area contributed by atoms with Crippen molar-refractivity contribution < 1.29 is 13.5 Å². The Balaban J connectivity index is 1.61. The van der Waals surface area contributed by atoms with Crippen molar-refractivity contribution in [2.45, 2.75) is 20.3 Å². The third-order valence-electron chi connectivity index (χ3n) is 5.73. The van der Waals surface area contributed by atoms with Crippen LogP contribution in [0.1, 0.15) is 21.7 Å². The van der Waals surface area contributed by atoms with Gasteiger partial charge in [0.1, 0.15) is 11.7 Å². The quantitative estimate of drug-likeness (QED) is 0.205. The number of halogens is 2. The summed E-state index contributed by atoms with van der Waals surface area (Å²) in [7, 11) is 1.43. The number of anilines is 1. The second kappa shape index (κ2) is 9.69. The minimum atomic E-state index is -0.435. The third kappa shape index (κ3) is 4.41. The fraction of sp³-hybridized carbons (Fsp3) is 0.192. The van der Waals surface area contributed by atoms with E-state index in [2.05, 4.69) is 21.9 Å². The van der Waals surface area contributed by atoms with E-state index in [0.717, 1.165) is 37.6 Å². The Morgan fingerprint density at radius 1 is 1.21 bits per heavy atom. The van der Waals surface area contributed by atoms with E-state index in [9.17, 15) is 8.78 Å². The predicted octanol–water partition coefficient (Wildman–Crippen LogP) is 6.30. The number of amidine groups is 1. The number of aliphatic imine (C=N–C) groups is 1. The highest BCUT2D eigenvalue weighted by Gasteiger charge is 2.16. The molecule has 0 unspecified atom stereocenters. The number of H-pyrrole nitrogens is 1. The van der Waals surface area contributed by atoms with Gasteiger partial charge in [-0.3, -0.25) is 4.99 Å². The van der Waals surface area contributed by atoms with Crippen LogP contribution in [0.25, 0.3) is 21.3 Å². The zero-order chi connectivity index (χ0) is 24.4. The van der Waals surface area contributed by atoms with Crippen molar-refractivity contribution in [1.29, 1.82) is 0 Å². The normalized spacial score (nSPS) is 11.7. The van der Waals surface area contributed by atoms with Gasteiger partial charge in [0.15, 0.2) is 11.6 Å². The van der Waals surface area contributed by atoms with Crippen LogP contribution in [0.4, 0.5) is 14.5 Å². The van der Waals surface area contributed by atoms with E-state index in [1.165, 1.54) is 30.6 Å². The lowest BCUT2D eigenvalue weighted by Gasteiger charge is -2.05. The van der Waals surface area contributed by atoms with Crippen molar-refractivity contribution in [2.75, 3.05) is 19.0 Å². The number of aromatic amines is 1. The van der Waals surface area contributed by atoms with Gasteiger partial charge in [-0.15, -0.1) is 11.3 Å². The molecule has 2 aromatic heterocycles. The van der Waals surface area contributed by atoms with Crippen LogP contribution < -0.4 is 15.8 Å². The zero-order valence-electron chi connectivity index (χ0n) is 19.3. The van der Waals surface area contributed by atoms with Crippen LogP contribution in [-0.2, 0) is 6.42 Å². The molecule has 34 heavy (non-hydrogen) atoms. The Bertz CT molecular complexity index is 1400. The van der Waals surface area contributed by atoms with Crippen LogP contribution in [0.5, 0.6) is 5.75 Å². The van der Waals surface area contributed by atoms with Crippen molar-refractivity contribution in [3.63, 3.8) is 0 Å². The van der Waals surface area contributed by atoms with E-state index in [1.54, 1.807) is 24.4 Å². The van der Waals surface area contributed by atoms with E-state index >= 15 is 0 Å². The van der Waals surface area contributed by atoms with E-state index in [0.29, 0.717) is 29.9 Å². The molecule has 4 aromatic rings. The maximum Gasteiger partial charge on any atom is 0.165 e. The molecule has 8 heteroatoms. The topological polar surface area (TPSA) is 75.4 Å². The molecule has 5 nitrogen and oxygen atoms in total. The lowest BCUT2D eigenvalue weighted by molar-refractivity contribution is 0.386. The number of benzene rings is 2. The highest BCUT2D eigenvalue weighted by molar-refractivity contribution is 7.18. The van der Waals surface area contributed by atoms with Gasteiger partial charge in [0.05, 0.1) is 23.2 Å². The molecule has 0 atom stereocenters. The fourth-order valence-electron chi connectivity index (χ4n) is 4.08. The number of methoxy groups -OCH3 is 1. The number of nitrogens with two attached hydrogens (primary N) is 1. The molecule has 2 heterocycles. The summed E-state index contributed by atoms with van der Waals surface area (Å²) < 4.78 is 33.5. The average Bonchev–Trinajstić information content (AvgIpc) is 3.38. The SMILES string of the molecule is C=CNc1cc(-c2ccc(OC)c(F)c2)sc1C(N)=NCCc1c(C)[nH]c2c(F)ccc(C)c12. The van der Waals surface area contributed by atoms with E-state index in [-0.39, 0.29) is 11.6 Å². The van der Waals surface area contributed by atoms with Crippen LogP contribution in [0.3, 0.4) is 0 Å². The summed E-state index contributed by atoms with van der Waals surface area (Å²) in [4.78, 5) is 9.32. The summed E-state index contributed by atoms with van der Waals surface area (Å²) in [5.41, 5.74) is 11.3. The summed E-state index contributed by atoms with van der Waals surface area (Å²) in [5.74, 6) is -0.140. The number of nitrogens with one attached hydrogen (secondary N) is 2. The van der Waals surface area contributed by atoms with Crippen molar-refractivity contribution in [3.05, 3.63) is 82.5 Å². The largest absolute Gasteiger partial charge is 0.494 e. The molecule has 0 saturated carbocycles. The van der Waals surface area contributed by atoms with Crippen molar-refractivity contribution >= 4 is 33.8 Å². The monoisotopic (exact) mass is 480 g/mol. The van der Waals surface area contributed by atoms with Crippen LogP contribution in [0.15, 0.2) is 54.2 Å². The zero-order valence-corrected chi connectivity index (χ0v) is 20.1. The van der Waals surface area contributed by atoms with Gasteiger partial charge in [-0.1, -0.05) is 12.6 Å². The van der Waals surface area contributed by atoms with Gasteiger partial charge < -0.3 is 20.8 Å². The molecule has 4 rings (SSSR count). The molecule has 0 amide bonds. The molecule has 176 valence electrons. The fourth-order valence-corrected chi connectivity index (χ4v) is 5.11. The third-order valence-corrected chi connectivity index (χ3v) is 6.94. The van der Waals surface area contributed by atoms with E-state index in [1.807, 2.05) is 19.9 Å². The lowest BCUT2D eigenvalue weighted by atomic mass is 10.0. The van der Waals surface area contributed by atoms with Crippen LogP contribution in [0.2, 0.25) is 0 Å². The van der Waals surface area contributed by atoms with Crippen LogP contribution in [0, 0.1) is 25.5 Å². The molecular formula is C26H26F2N4OS. The number of nitrogens with zero attached hydrogens (tertiary/aromatic N) is 1. The van der Waals surface area contributed by atoms with Gasteiger partial charge in [0.2, 0.25) is 0 Å². The summed E-state index contributed by atoms with van der Waals surface area (Å²) in [6.07, 6.45) is 2.17. The van der Waals surface area contributed by atoms with Crippen molar-refractivity contribution in [2.24, 2.45) is 10.7 Å². The lowest BCUT2D eigenvalue weighted by Crippen LogP contribution is -2.14. The second-order valence-corrected chi connectivity index (χ2v) is 8.96. The molecule has 4 N–H and O–H groups in total. The van der Waals surface area contributed by atoms with Crippen molar-refractivity contribution in [3.8, 4) is 16.2 Å². The molecule has 0 aliphatic rings. The van der Waals surface area contributed by atoms with Crippen LogP contribution >= 0.6 is 11.3 Å². The average molecular weight is 481 g/mol. The highest BCUT2D eigenvalue weighted by atomic mass is 32.1. The maximum absolute atomic E-state index is 14.2. The molecule has 2 aromatic carbocycles. The molecule has 0 aliphatic carbocycles. The van der Waals surface area contributed by atoms with E-state index in [4.69, 9.17) is 10.5 Å². The van der Waals surface area contributed by atoms with Gasteiger partial charge in [-0.2, -0.15) is 0 Å². The number of hydrogen-bond donors (Lipinski definition) is 3. The number of thiophene rings is 1. The van der Waals surface area contributed by atoms with Crippen LogP contribution in [-0.4, -0.2) is 24.5 Å². The van der Waals surface area contributed by atoms with Gasteiger partial charge in [-0.05, 0) is 73.5 Å². The van der Waals surface area contributed by atoms with Gasteiger partial charge in [-0.25, -0.2) is 8.78 Å². The Kier molecular flexibility index (Phi) is 6.70. The molecule has 0 aliphatic heterocycles. The molecule has 0 radical (unpaired) electrons. The first-order valence-electron chi connectivity index (χ1n) is 10.8. The second-order valence-electron chi connectivity index (χ2n) is 7.91. The Hall–Kier alpha value is -3.65. The summed E-state index contributed by atoms with van der Waals surface area (Å²) in [5, 5.41) is 3.99. The summed E-state index contributed by atoms with van der Waals surface area (Å²) in [6.45, 7) is 8.07. The minimum Gasteiger partial charge on any atom is -0.494 e. The number of ether oxygens (including phenoxy) is 1. The number of aromatic nitrogens is 1. The first-order chi connectivity index (χ1) is 16.3. The number of rotatable bonds is 8. The predicted molar refractivity (Wildman–Crippen MR) is 137 cm³/mol. The minimum absolute atomic E-state index is 0.189. The molecular weight excluding hydrogens is 454 g/mol. The Morgan fingerprint density at radius 3 is 2.71 bits per heavy atom. The van der Waals surface area contributed by atoms with Gasteiger partial charge in [0, 0.05) is 22.5 Å². The van der Waals surface area contributed by atoms with E-state index < -0.39 is 5.82 Å². The summed E-state index contributed by atoms with van der Waals surface area (Å²) in [6, 6.07) is 9.97. The standard InChI is InChI=1S/C26H26F2N4OS/c1-5-30-20-13-22(16-7-9-21(33-4)19(28)12-16)34-25(20)26(29)31-11-10-17-15(3)32-24-18(27)8-6-14(2)23(17)24/h5-9,12-13,30,32H,1,10-11H2,2-4H3,(H2,29,31). The number of aryl methyl sites for hydroxylation is 2. The first-order valence-corrected chi connectivity index (χ1v) is 11.6. The Morgan fingerprint density at radius 2 is 2.00 bits per heavy atom.